The van der Waals surface area contributed by atoms with E-state index in [9.17, 15) is 9.59 Å². The number of rotatable bonds is 3. The number of hydrogen-bond acceptors (Lipinski definition) is 2. The Morgan fingerprint density at radius 3 is 2.29 bits per heavy atom. The highest BCUT2D eigenvalue weighted by atomic mass is 16.2. The van der Waals surface area contributed by atoms with E-state index in [0.29, 0.717) is 6.54 Å². The molecular formula is C20H22N2O2. The minimum absolute atomic E-state index is 0.0106. The van der Waals surface area contributed by atoms with Crippen molar-refractivity contribution in [2.75, 3.05) is 16.8 Å². The molecule has 24 heavy (non-hydrogen) atoms. The van der Waals surface area contributed by atoms with Gasteiger partial charge in [-0.3, -0.25) is 9.59 Å². The molecule has 0 aromatic heterocycles. The summed E-state index contributed by atoms with van der Waals surface area (Å²) in [4.78, 5) is 26.7. The van der Waals surface area contributed by atoms with E-state index in [1.807, 2.05) is 63.2 Å². The average Bonchev–Trinajstić information content (AvgIpc) is 2.91. The van der Waals surface area contributed by atoms with Crippen LogP contribution in [0.1, 0.15) is 23.1 Å². The van der Waals surface area contributed by atoms with Crippen LogP contribution in [0.4, 0.5) is 11.4 Å². The number of carbonyl (C=O) groups excluding carboxylic acids is 2. The molecule has 124 valence electrons. The van der Waals surface area contributed by atoms with Crippen molar-refractivity contribution >= 4 is 23.2 Å². The maximum absolute atomic E-state index is 12.5. The van der Waals surface area contributed by atoms with Gasteiger partial charge in [0.15, 0.2) is 0 Å². The second-order valence-corrected chi connectivity index (χ2v) is 6.50. The van der Waals surface area contributed by atoms with Crippen LogP contribution in [0.15, 0.2) is 42.5 Å². The monoisotopic (exact) mass is 322 g/mol. The van der Waals surface area contributed by atoms with Gasteiger partial charge in [0.2, 0.25) is 11.8 Å². The minimum Gasteiger partial charge on any atom is -0.326 e. The Morgan fingerprint density at radius 2 is 1.67 bits per heavy atom. The van der Waals surface area contributed by atoms with Crippen molar-refractivity contribution in [1.82, 2.24) is 0 Å². The van der Waals surface area contributed by atoms with E-state index >= 15 is 0 Å². The molecule has 1 N–H and O–H groups in total. The number of aryl methyl sites for hydroxylation is 3. The van der Waals surface area contributed by atoms with Crippen LogP contribution in [-0.4, -0.2) is 18.4 Å². The smallest absolute Gasteiger partial charge is 0.229 e. The van der Waals surface area contributed by atoms with Crippen LogP contribution in [0.2, 0.25) is 0 Å². The van der Waals surface area contributed by atoms with Gasteiger partial charge >= 0.3 is 0 Å². The van der Waals surface area contributed by atoms with Crippen LogP contribution >= 0.6 is 0 Å². The highest BCUT2D eigenvalue weighted by Crippen LogP contribution is 2.31. The Hall–Kier alpha value is -2.62. The molecule has 1 saturated heterocycles. The average molecular weight is 322 g/mol. The number of amides is 2. The van der Waals surface area contributed by atoms with Gasteiger partial charge in [0.25, 0.3) is 0 Å². The van der Waals surface area contributed by atoms with Crippen molar-refractivity contribution < 1.29 is 9.59 Å². The van der Waals surface area contributed by atoms with Gasteiger partial charge in [-0.15, -0.1) is 0 Å². The molecule has 3 rings (SSSR count). The van der Waals surface area contributed by atoms with Gasteiger partial charge in [0.1, 0.15) is 0 Å². The molecule has 0 aliphatic carbocycles. The summed E-state index contributed by atoms with van der Waals surface area (Å²) in [5, 5.41) is 2.92. The zero-order valence-electron chi connectivity index (χ0n) is 14.3. The van der Waals surface area contributed by atoms with Crippen LogP contribution in [-0.2, 0) is 9.59 Å². The van der Waals surface area contributed by atoms with E-state index in [2.05, 4.69) is 5.32 Å². The highest BCUT2D eigenvalue weighted by molar-refractivity contribution is 6.04. The lowest BCUT2D eigenvalue weighted by Gasteiger charge is -2.21. The first-order valence-electron chi connectivity index (χ1n) is 8.20. The lowest BCUT2D eigenvalue weighted by atomic mass is 10.1. The number of para-hydroxylation sites is 1. The first kappa shape index (κ1) is 16.2. The third-order valence-corrected chi connectivity index (χ3v) is 4.52. The Morgan fingerprint density at radius 1 is 1.04 bits per heavy atom. The van der Waals surface area contributed by atoms with Crippen molar-refractivity contribution in [3.8, 4) is 0 Å². The number of hydrogen-bond donors (Lipinski definition) is 1. The summed E-state index contributed by atoms with van der Waals surface area (Å²) in [5.74, 6) is -0.407. The summed E-state index contributed by atoms with van der Waals surface area (Å²) < 4.78 is 0. The van der Waals surface area contributed by atoms with E-state index in [0.717, 1.165) is 28.1 Å². The molecule has 2 aromatic rings. The van der Waals surface area contributed by atoms with Gasteiger partial charge in [0, 0.05) is 24.3 Å². The van der Waals surface area contributed by atoms with Crippen LogP contribution < -0.4 is 10.2 Å². The van der Waals surface area contributed by atoms with Crippen LogP contribution in [0, 0.1) is 26.7 Å². The highest BCUT2D eigenvalue weighted by Gasteiger charge is 2.36. The molecule has 1 fully saturated rings. The Balaban J connectivity index is 1.74. The standard InChI is InChI=1S/C20H22N2O2/c1-13-7-9-17(10-8-13)21-20(24)16-11-18(23)22(12-16)19-14(2)5-4-6-15(19)3/h4-10,16H,11-12H2,1-3H3,(H,21,24)/t16-/m1/s1. The van der Waals surface area contributed by atoms with Crippen LogP contribution in [0.3, 0.4) is 0 Å². The predicted molar refractivity (Wildman–Crippen MR) is 96.2 cm³/mol. The second kappa shape index (κ2) is 6.48. The van der Waals surface area contributed by atoms with Gasteiger partial charge in [-0.2, -0.15) is 0 Å². The molecule has 0 bridgehead atoms. The summed E-state index contributed by atoms with van der Waals surface area (Å²) in [6.07, 6.45) is 0.255. The molecule has 4 heteroatoms. The maximum Gasteiger partial charge on any atom is 0.229 e. The fourth-order valence-corrected chi connectivity index (χ4v) is 3.21. The van der Waals surface area contributed by atoms with Gasteiger partial charge in [-0.25, -0.2) is 0 Å². The summed E-state index contributed by atoms with van der Waals surface area (Å²) in [6.45, 7) is 6.43. The lowest BCUT2D eigenvalue weighted by Crippen LogP contribution is -2.29. The first-order valence-corrected chi connectivity index (χ1v) is 8.20. The van der Waals surface area contributed by atoms with E-state index in [1.165, 1.54) is 0 Å². The van der Waals surface area contributed by atoms with Crippen molar-refractivity contribution in [2.45, 2.75) is 27.2 Å². The molecule has 0 radical (unpaired) electrons. The molecule has 0 spiro atoms. The molecule has 1 aliphatic rings. The molecule has 0 unspecified atom stereocenters. The SMILES string of the molecule is Cc1ccc(NC(=O)[C@@H]2CC(=O)N(c3c(C)cccc3C)C2)cc1. The van der Waals surface area contributed by atoms with Crippen molar-refractivity contribution in [2.24, 2.45) is 5.92 Å². The summed E-state index contributed by atoms with van der Waals surface area (Å²) in [7, 11) is 0. The van der Waals surface area contributed by atoms with E-state index in [-0.39, 0.29) is 24.2 Å². The number of anilines is 2. The number of benzene rings is 2. The van der Waals surface area contributed by atoms with Crippen LogP contribution in [0.25, 0.3) is 0 Å². The number of nitrogens with zero attached hydrogens (tertiary/aromatic N) is 1. The molecule has 2 amide bonds. The topological polar surface area (TPSA) is 49.4 Å². The number of nitrogens with one attached hydrogen (secondary N) is 1. The molecule has 4 nitrogen and oxygen atoms in total. The normalized spacial score (nSPS) is 17.2. The predicted octanol–water partition coefficient (Wildman–Crippen LogP) is 3.60. The van der Waals surface area contributed by atoms with E-state index in [4.69, 9.17) is 0 Å². The summed E-state index contributed by atoms with van der Waals surface area (Å²) in [5.41, 5.74) is 4.97. The molecule has 1 atom stereocenters. The Labute approximate surface area is 142 Å². The lowest BCUT2D eigenvalue weighted by molar-refractivity contribution is -0.122. The van der Waals surface area contributed by atoms with Crippen molar-refractivity contribution in [3.05, 3.63) is 59.2 Å². The largest absolute Gasteiger partial charge is 0.326 e. The first-order chi connectivity index (χ1) is 11.5. The third kappa shape index (κ3) is 3.18. The van der Waals surface area contributed by atoms with Crippen LogP contribution in [0.5, 0.6) is 0 Å². The van der Waals surface area contributed by atoms with Gasteiger partial charge in [-0.05, 0) is 44.0 Å². The van der Waals surface area contributed by atoms with E-state index < -0.39 is 0 Å². The molecule has 1 heterocycles. The second-order valence-electron chi connectivity index (χ2n) is 6.50. The number of carbonyl (C=O) groups is 2. The molecule has 0 saturated carbocycles. The minimum atomic E-state index is -0.321. The molecule has 1 aliphatic heterocycles. The Bertz CT molecular complexity index is 760. The molecule has 2 aromatic carbocycles. The zero-order chi connectivity index (χ0) is 17.3. The van der Waals surface area contributed by atoms with Crippen molar-refractivity contribution in [3.63, 3.8) is 0 Å². The van der Waals surface area contributed by atoms with E-state index in [1.54, 1.807) is 4.90 Å². The zero-order valence-corrected chi connectivity index (χ0v) is 14.3. The fourth-order valence-electron chi connectivity index (χ4n) is 3.21. The van der Waals surface area contributed by atoms with Gasteiger partial charge in [-0.1, -0.05) is 35.9 Å². The fraction of sp³-hybridized carbons (Fsp3) is 0.300. The Kier molecular flexibility index (Phi) is 4.38. The maximum atomic E-state index is 12.5. The third-order valence-electron chi connectivity index (χ3n) is 4.52. The van der Waals surface area contributed by atoms with Gasteiger partial charge < -0.3 is 10.2 Å². The van der Waals surface area contributed by atoms with Gasteiger partial charge in [0.05, 0.1) is 5.92 Å². The summed E-state index contributed by atoms with van der Waals surface area (Å²) in [6, 6.07) is 13.7. The summed E-state index contributed by atoms with van der Waals surface area (Å²) >= 11 is 0. The quantitative estimate of drug-likeness (QED) is 0.938. The molecular weight excluding hydrogens is 300 g/mol. The van der Waals surface area contributed by atoms with Crippen molar-refractivity contribution in [1.29, 1.82) is 0 Å².